The van der Waals surface area contributed by atoms with Crippen LogP contribution in [0.1, 0.15) is 52.0 Å². The standard InChI is InChI=1S/C19H29N3O4/c1-19(2,3)14-8-10-15(11-9-14)22-16(23)13-26-17(24)7-5-4-6-12-21-18(20)25/h8-11H,4-7,12-13H2,1-3H3,(H,22,23)(H3,20,21,25). The summed E-state index contributed by atoms with van der Waals surface area (Å²) in [5.74, 6) is -0.779. The van der Waals surface area contributed by atoms with Gasteiger partial charge in [0.15, 0.2) is 6.61 Å². The number of hydrogen-bond donors (Lipinski definition) is 3. The molecule has 1 aromatic rings. The summed E-state index contributed by atoms with van der Waals surface area (Å²) in [7, 11) is 0. The molecule has 0 saturated heterocycles. The first-order valence-corrected chi connectivity index (χ1v) is 8.78. The van der Waals surface area contributed by atoms with E-state index in [2.05, 4.69) is 31.4 Å². The molecule has 1 aromatic carbocycles. The summed E-state index contributed by atoms with van der Waals surface area (Å²) in [6, 6.07) is 7.05. The van der Waals surface area contributed by atoms with E-state index in [1.807, 2.05) is 24.3 Å². The van der Waals surface area contributed by atoms with Crippen molar-refractivity contribution >= 4 is 23.6 Å². The second kappa shape index (κ2) is 10.4. The van der Waals surface area contributed by atoms with Gasteiger partial charge in [-0.25, -0.2) is 4.79 Å². The number of ether oxygens (including phenoxy) is 1. The molecule has 7 heteroatoms. The van der Waals surface area contributed by atoms with Gasteiger partial charge in [-0.15, -0.1) is 0 Å². The molecule has 0 aliphatic carbocycles. The maximum Gasteiger partial charge on any atom is 0.312 e. The van der Waals surface area contributed by atoms with Gasteiger partial charge in [-0.3, -0.25) is 9.59 Å². The summed E-state index contributed by atoms with van der Waals surface area (Å²) in [6.45, 7) is 6.54. The van der Waals surface area contributed by atoms with E-state index in [0.29, 0.717) is 18.7 Å². The number of esters is 1. The second-order valence-electron chi connectivity index (χ2n) is 7.14. The van der Waals surface area contributed by atoms with Gasteiger partial charge in [0.25, 0.3) is 5.91 Å². The van der Waals surface area contributed by atoms with Gasteiger partial charge < -0.3 is 21.1 Å². The lowest BCUT2D eigenvalue weighted by Gasteiger charge is -2.19. The van der Waals surface area contributed by atoms with Crippen LogP contribution in [0.2, 0.25) is 0 Å². The number of nitrogens with one attached hydrogen (secondary N) is 2. The molecule has 0 bridgehead atoms. The highest BCUT2D eigenvalue weighted by Gasteiger charge is 2.13. The van der Waals surface area contributed by atoms with E-state index < -0.39 is 12.0 Å². The molecule has 0 spiro atoms. The van der Waals surface area contributed by atoms with E-state index in [-0.39, 0.29) is 24.3 Å². The number of carbonyl (C=O) groups excluding carboxylic acids is 3. The van der Waals surface area contributed by atoms with Crippen molar-refractivity contribution in [2.24, 2.45) is 5.73 Å². The van der Waals surface area contributed by atoms with Gasteiger partial charge in [0.2, 0.25) is 0 Å². The van der Waals surface area contributed by atoms with Crippen molar-refractivity contribution in [3.05, 3.63) is 29.8 Å². The summed E-state index contributed by atoms with van der Waals surface area (Å²) >= 11 is 0. The number of carbonyl (C=O) groups is 3. The largest absolute Gasteiger partial charge is 0.456 e. The number of hydrogen-bond acceptors (Lipinski definition) is 4. The Labute approximate surface area is 154 Å². The summed E-state index contributed by atoms with van der Waals surface area (Å²) in [4.78, 5) is 33.9. The van der Waals surface area contributed by atoms with Crippen LogP contribution in [0.5, 0.6) is 0 Å². The van der Waals surface area contributed by atoms with Crippen LogP contribution >= 0.6 is 0 Å². The van der Waals surface area contributed by atoms with Crippen molar-refractivity contribution in [1.29, 1.82) is 0 Å². The fourth-order valence-corrected chi connectivity index (χ4v) is 2.25. The molecule has 0 fully saturated rings. The molecule has 3 amide bonds. The highest BCUT2D eigenvalue weighted by molar-refractivity contribution is 5.92. The monoisotopic (exact) mass is 363 g/mol. The van der Waals surface area contributed by atoms with Gasteiger partial charge in [0.1, 0.15) is 0 Å². The lowest BCUT2D eigenvalue weighted by Crippen LogP contribution is -2.29. The van der Waals surface area contributed by atoms with Crippen LogP contribution in [0.25, 0.3) is 0 Å². The Morgan fingerprint density at radius 1 is 1.04 bits per heavy atom. The van der Waals surface area contributed by atoms with Crippen molar-refractivity contribution in [3.63, 3.8) is 0 Å². The lowest BCUT2D eigenvalue weighted by molar-refractivity contribution is -0.147. The summed E-state index contributed by atoms with van der Waals surface area (Å²) in [5, 5.41) is 5.18. The first-order chi connectivity index (χ1) is 12.2. The molecule has 0 aliphatic rings. The highest BCUT2D eigenvalue weighted by Crippen LogP contribution is 2.23. The molecule has 0 aromatic heterocycles. The zero-order valence-corrected chi connectivity index (χ0v) is 15.8. The van der Waals surface area contributed by atoms with Gasteiger partial charge in [-0.1, -0.05) is 39.3 Å². The quantitative estimate of drug-likeness (QED) is 0.463. The van der Waals surface area contributed by atoms with Crippen molar-refractivity contribution in [1.82, 2.24) is 5.32 Å². The van der Waals surface area contributed by atoms with Gasteiger partial charge in [-0.05, 0) is 36.0 Å². The summed E-state index contributed by atoms with van der Waals surface area (Å²) in [5.41, 5.74) is 6.83. The molecule has 0 unspecified atom stereocenters. The van der Waals surface area contributed by atoms with E-state index in [0.717, 1.165) is 12.8 Å². The number of unbranched alkanes of at least 4 members (excludes halogenated alkanes) is 2. The Kier molecular flexibility index (Phi) is 8.61. The molecule has 0 aliphatic heterocycles. The molecule has 1 rings (SSSR count). The van der Waals surface area contributed by atoms with E-state index in [1.165, 1.54) is 5.56 Å². The molecule has 7 nitrogen and oxygen atoms in total. The minimum Gasteiger partial charge on any atom is -0.456 e. The Balaban J connectivity index is 2.21. The fraction of sp³-hybridized carbons (Fsp3) is 0.526. The molecule has 4 N–H and O–H groups in total. The van der Waals surface area contributed by atoms with E-state index in [9.17, 15) is 14.4 Å². The van der Waals surface area contributed by atoms with Crippen molar-refractivity contribution < 1.29 is 19.1 Å². The van der Waals surface area contributed by atoms with Crippen LogP contribution in [-0.2, 0) is 19.7 Å². The first kappa shape index (κ1) is 21.5. The third-order valence-electron chi connectivity index (χ3n) is 3.76. The average molecular weight is 363 g/mol. The maximum atomic E-state index is 11.8. The van der Waals surface area contributed by atoms with Crippen molar-refractivity contribution in [2.75, 3.05) is 18.5 Å². The maximum absolute atomic E-state index is 11.8. The third kappa shape index (κ3) is 9.05. The van der Waals surface area contributed by atoms with Gasteiger partial charge >= 0.3 is 12.0 Å². The topological polar surface area (TPSA) is 111 Å². The van der Waals surface area contributed by atoms with Crippen molar-refractivity contribution in [3.8, 4) is 0 Å². The summed E-state index contributed by atoms with van der Waals surface area (Å²) < 4.78 is 4.96. The van der Waals surface area contributed by atoms with Gasteiger partial charge in [0, 0.05) is 18.7 Å². The van der Waals surface area contributed by atoms with Crippen LogP contribution in [0.4, 0.5) is 10.5 Å². The molecule has 26 heavy (non-hydrogen) atoms. The number of nitrogens with two attached hydrogens (primary N) is 1. The zero-order valence-electron chi connectivity index (χ0n) is 15.8. The van der Waals surface area contributed by atoms with E-state index >= 15 is 0 Å². The molecule has 0 saturated carbocycles. The Morgan fingerprint density at radius 3 is 2.27 bits per heavy atom. The predicted octanol–water partition coefficient (Wildman–Crippen LogP) is 2.69. The van der Waals surface area contributed by atoms with Crippen LogP contribution in [-0.4, -0.2) is 31.1 Å². The van der Waals surface area contributed by atoms with Crippen LogP contribution < -0.4 is 16.4 Å². The Bertz CT molecular complexity index is 606. The van der Waals surface area contributed by atoms with Crippen LogP contribution in [0, 0.1) is 0 Å². The zero-order chi connectivity index (χ0) is 19.6. The minimum atomic E-state index is -0.552. The summed E-state index contributed by atoms with van der Waals surface area (Å²) in [6.07, 6.45) is 2.38. The highest BCUT2D eigenvalue weighted by atomic mass is 16.5. The Hall–Kier alpha value is -2.57. The van der Waals surface area contributed by atoms with E-state index in [1.54, 1.807) is 0 Å². The molecule has 0 radical (unpaired) electrons. The number of rotatable bonds is 9. The molecule has 0 heterocycles. The van der Waals surface area contributed by atoms with Gasteiger partial charge in [0.05, 0.1) is 0 Å². The fourth-order valence-electron chi connectivity index (χ4n) is 2.25. The molecular formula is C19H29N3O4. The SMILES string of the molecule is CC(C)(C)c1ccc(NC(=O)COC(=O)CCCCCNC(N)=O)cc1. The smallest absolute Gasteiger partial charge is 0.312 e. The van der Waals surface area contributed by atoms with Crippen LogP contribution in [0.3, 0.4) is 0 Å². The second-order valence-corrected chi connectivity index (χ2v) is 7.14. The lowest BCUT2D eigenvalue weighted by atomic mass is 9.87. The minimum absolute atomic E-state index is 0.0496. The van der Waals surface area contributed by atoms with E-state index in [4.69, 9.17) is 10.5 Å². The number of anilines is 1. The number of amides is 3. The van der Waals surface area contributed by atoms with Crippen LogP contribution in [0.15, 0.2) is 24.3 Å². The molecular weight excluding hydrogens is 334 g/mol. The Morgan fingerprint density at radius 2 is 1.69 bits per heavy atom. The first-order valence-electron chi connectivity index (χ1n) is 8.78. The average Bonchev–Trinajstić information content (AvgIpc) is 2.55. The normalized spacial score (nSPS) is 10.9. The third-order valence-corrected chi connectivity index (χ3v) is 3.76. The van der Waals surface area contributed by atoms with Gasteiger partial charge in [-0.2, -0.15) is 0 Å². The number of benzene rings is 1. The predicted molar refractivity (Wildman–Crippen MR) is 101 cm³/mol. The molecule has 144 valence electrons. The molecule has 0 atom stereocenters. The van der Waals surface area contributed by atoms with Crippen molar-refractivity contribution in [2.45, 2.75) is 51.9 Å². The number of primary amides is 1. The number of urea groups is 1.